The molecule has 1 saturated carbocycles. The third-order valence-corrected chi connectivity index (χ3v) is 2.57. The quantitative estimate of drug-likeness (QED) is 0.745. The Bertz CT molecular complexity index is 236. The zero-order valence-corrected chi connectivity index (χ0v) is 8.86. The molecule has 0 aromatic heterocycles. The smallest absolute Gasteiger partial charge is 0.408 e. The highest BCUT2D eigenvalue weighted by Crippen LogP contribution is 2.20. The van der Waals surface area contributed by atoms with Gasteiger partial charge in [-0.25, -0.2) is 9.59 Å². The first-order valence-corrected chi connectivity index (χ1v) is 5.33. The van der Waals surface area contributed by atoms with E-state index in [1.54, 1.807) is 6.92 Å². The first-order chi connectivity index (χ1) is 7.13. The number of nitrogens with one attached hydrogen (secondary N) is 1. The Morgan fingerprint density at radius 2 is 2.07 bits per heavy atom. The van der Waals surface area contributed by atoms with Gasteiger partial charge in [0, 0.05) is 0 Å². The molecule has 1 atom stereocenters. The van der Waals surface area contributed by atoms with Gasteiger partial charge in [-0.05, 0) is 32.1 Å². The van der Waals surface area contributed by atoms with E-state index in [-0.39, 0.29) is 6.10 Å². The highest BCUT2D eigenvalue weighted by molar-refractivity contribution is 5.79. The normalized spacial score (nSPS) is 18.5. The van der Waals surface area contributed by atoms with E-state index in [2.05, 4.69) is 5.32 Å². The molecule has 0 saturated heterocycles. The van der Waals surface area contributed by atoms with E-state index in [0.717, 1.165) is 25.7 Å². The van der Waals surface area contributed by atoms with Crippen molar-refractivity contribution in [3.63, 3.8) is 0 Å². The number of alkyl carbamates (subject to hydrolysis) is 1. The number of carbonyl (C=O) groups excluding carboxylic acids is 1. The number of rotatable bonds is 4. The highest BCUT2D eigenvalue weighted by atomic mass is 16.6. The molecule has 86 valence electrons. The molecule has 1 aliphatic rings. The van der Waals surface area contributed by atoms with E-state index >= 15 is 0 Å². The van der Waals surface area contributed by atoms with Crippen LogP contribution in [0.4, 0.5) is 4.79 Å². The lowest BCUT2D eigenvalue weighted by molar-refractivity contribution is -0.139. The first-order valence-electron chi connectivity index (χ1n) is 5.33. The van der Waals surface area contributed by atoms with Crippen molar-refractivity contribution in [2.75, 3.05) is 0 Å². The van der Waals surface area contributed by atoms with Crippen molar-refractivity contribution < 1.29 is 19.4 Å². The molecule has 5 nitrogen and oxygen atoms in total. The van der Waals surface area contributed by atoms with Crippen LogP contribution < -0.4 is 5.32 Å². The average molecular weight is 215 g/mol. The van der Waals surface area contributed by atoms with Gasteiger partial charge < -0.3 is 15.2 Å². The summed E-state index contributed by atoms with van der Waals surface area (Å²) in [6, 6.07) is -0.848. The second-order valence-corrected chi connectivity index (χ2v) is 3.76. The topological polar surface area (TPSA) is 75.6 Å². The maximum atomic E-state index is 11.3. The van der Waals surface area contributed by atoms with E-state index in [1.807, 2.05) is 0 Å². The Morgan fingerprint density at radius 1 is 1.47 bits per heavy atom. The summed E-state index contributed by atoms with van der Waals surface area (Å²) in [5, 5.41) is 11.0. The van der Waals surface area contributed by atoms with Crippen molar-refractivity contribution >= 4 is 12.1 Å². The van der Waals surface area contributed by atoms with Crippen LogP contribution >= 0.6 is 0 Å². The molecule has 1 amide bonds. The van der Waals surface area contributed by atoms with Crippen LogP contribution in [0.3, 0.4) is 0 Å². The summed E-state index contributed by atoms with van der Waals surface area (Å²) in [7, 11) is 0. The van der Waals surface area contributed by atoms with Gasteiger partial charge in [0.2, 0.25) is 0 Å². The zero-order chi connectivity index (χ0) is 11.3. The molecule has 0 unspecified atom stereocenters. The third kappa shape index (κ3) is 3.77. The molecule has 0 bridgehead atoms. The molecule has 0 radical (unpaired) electrons. The number of aliphatic carboxylic acids is 1. The van der Waals surface area contributed by atoms with Gasteiger partial charge in [-0.3, -0.25) is 0 Å². The van der Waals surface area contributed by atoms with Gasteiger partial charge in [-0.1, -0.05) is 6.92 Å². The minimum absolute atomic E-state index is 0.0312. The largest absolute Gasteiger partial charge is 0.480 e. The highest BCUT2D eigenvalue weighted by Gasteiger charge is 2.22. The van der Waals surface area contributed by atoms with Crippen LogP contribution in [0.15, 0.2) is 0 Å². The number of hydrogen-bond acceptors (Lipinski definition) is 3. The molecule has 5 heteroatoms. The average Bonchev–Trinajstić information content (AvgIpc) is 2.66. The van der Waals surface area contributed by atoms with Gasteiger partial charge in [-0.2, -0.15) is 0 Å². The Hall–Kier alpha value is -1.26. The second-order valence-electron chi connectivity index (χ2n) is 3.76. The predicted molar refractivity (Wildman–Crippen MR) is 53.6 cm³/mol. The molecule has 1 aliphatic carbocycles. The van der Waals surface area contributed by atoms with E-state index < -0.39 is 18.1 Å². The maximum absolute atomic E-state index is 11.3. The number of amides is 1. The number of carbonyl (C=O) groups is 2. The molecule has 1 rings (SSSR count). The van der Waals surface area contributed by atoms with Crippen molar-refractivity contribution in [3.8, 4) is 0 Å². The second kappa shape index (κ2) is 5.58. The lowest BCUT2D eigenvalue weighted by atomic mass is 10.2. The van der Waals surface area contributed by atoms with Gasteiger partial charge in [0.05, 0.1) is 0 Å². The standard InChI is InChI=1S/C10H17NO4/c1-2-8(9(12)13)11-10(14)15-7-5-3-4-6-7/h7-8H,2-6H2,1H3,(H,11,14)(H,12,13)/t8-/m1/s1. The van der Waals surface area contributed by atoms with Crippen LogP contribution in [0.25, 0.3) is 0 Å². The van der Waals surface area contributed by atoms with Crippen molar-refractivity contribution in [1.29, 1.82) is 0 Å². The van der Waals surface area contributed by atoms with Gasteiger partial charge in [0.25, 0.3) is 0 Å². The summed E-state index contributed by atoms with van der Waals surface area (Å²) < 4.78 is 5.08. The van der Waals surface area contributed by atoms with Crippen LogP contribution in [-0.2, 0) is 9.53 Å². The Kier molecular flexibility index (Phi) is 4.39. The van der Waals surface area contributed by atoms with Crippen molar-refractivity contribution in [1.82, 2.24) is 5.32 Å². The minimum atomic E-state index is -1.03. The van der Waals surface area contributed by atoms with E-state index in [0.29, 0.717) is 6.42 Å². The molecule has 15 heavy (non-hydrogen) atoms. The number of carboxylic acid groups (broad SMARTS) is 1. The minimum Gasteiger partial charge on any atom is -0.480 e. The number of hydrogen-bond donors (Lipinski definition) is 2. The van der Waals surface area contributed by atoms with Crippen LogP contribution in [-0.4, -0.2) is 29.3 Å². The fourth-order valence-corrected chi connectivity index (χ4v) is 1.67. The lowest BCUT2D eigenvalue weighted by Crippen LogP contribution is -2.41. The summed E-state index contributed by atoms with van der Waals surface area (Å²) in [6.07, 6.45) is 3.64. The maximum Gasteiger partial charge on any atom is 0.408 e. The van der Waals surface area contributed by atoms with Crippen LogP contribution in [0, 0.1) is 0 Å². The van der Waals surface area contributed by atoms with E-state index in [1.165, 1.54) is 0 Å². The third-order valence-electron chi connectivity index (χ3n) is 2.57. The molecule has 0 spiro atoms. The number of ether oxygens (including phenoxy) is 1. The molecule has 0 aromatic rings. The fourth-order valence-electron chi connectivity index (χ4n) is 1.67. The summed E-state index contributed by atoms with van der Waals surface area (Å²) in [4.78, 5) is 21.9. The number of carboxylic acids is 1. The Balaban J connectivity index is 2.30. The van der Waals surface area contributed by atoms with Gasteiger partial charge in [0.1, 0.15) is 12.1 Å². The molecule has 0 heterocycles. The summed E-state index contributed by atoms with van der Waals surface area (Å²) >= 11 is 0. The van der Waals surface area contributed by atoms with Crippen LogP contribution in [0.5, 0.6) is 0 Å². The molecule has 2 N–H and O–H groups in total. The van der Waals surface area contributed by atoms with Gasteiger partial charge in [0.15, 0.2) is 0 Å². The fraction of sp³-hybridized carbons (Fsp3) is 0.800. The Morgan fingerprint density at radius 3 is 2.53 bits per heavy atom. The van der Waals surface area contributed by atoms with Crippen molar-refractivity contribution in [2.45, 2.75) is 51.2 Å². The monoisotopic (exact) mass is 215 g/mol. The lowest BCUT2D eigenvalue weighted by Gasteiger charge is -2.15. The van der Waals surface area contributed by atoms with Crippen molar-refractivity contribution in [2.24, 2.45) is 0 Å². The molecule has 0 aliphatic heterocycles. The Labute approximate surface area is 88.8 Å². The molecule has 1 fully saturated rings. The van der Waals surface area contributed by atoms with Crippen LogP contribution in [0.2, 0.25) is 0 Å². The van der Waals surface area contributed by atoms with Gasteiger partial charge in [-0.15, -0.1) is 0 Å². The van der Waals surface area contributed by atoms with Gasteiger partial charge >= 0.3 is 12.1 Å². The van der Waals surface area contributed by atoms with E-state index in [9.17, 15) is 9.59 Å². The summed E-state index contributed by atoms with van der Waals surface area (Å²) in [6.45, 7) is 1.70. The molecule has 0 aromatic carbocycles. The molecular weight excluding hydrogens is 198 g/mol. The molecular formula is C10H17NO4. The summed E-state index contributed by atoms with van der Waals surface area (Å²) in [5.41, 5.74) is 0. The SMILES string of the molecule is CC[C@@H](NC(=O)OC1CCCC1)C(=O)O. The van der Waals surface area contributed by atoms with Crippen molar-refractivity contribution in [3.05, 3.63) is 0 Å². The van der Waals surface area contributed by atoms with E-state index in [4.69, 9.17) is 9.84 Å². The predicted octanol–water partition coefficient (Wildman–Crippen LogP) is 1.52. The summed E-state index contributed by atoms with van der Waals surface area (Å²) in [5.74, 6) is -1.03. The first kappa shape index (κ1) is 11.8. The van der Waals surface area contributed by atoms with Crippen LogP contribution in [0.1, 0.15) is 39.0 Å². The zero-order valence-electron chi connectivity index (χ0n) is 8.86.